The number of piperidine rings is 1. The van der Waals surface area contributed by atoms with Gasteiger partial charge in [0.2, 0.25) is 0 Å². The average Bonchev–Trinajstić information content (AvgIpc) is 3.49. The van der Waals surface area contributed by atoms with Crippen molar-refractivity contribution in [2.75, 3.05) is 24.1 Å². The Morgan fingerprint density at radius 3 is 2.39 bits per heavy atom. The van der Waals surface area contributed by atoms with Gasteiger partial charge in [-0.25, -0.2) is 19.9 Å². The quantitative estimate of drug-likeness (QED) is 0.197. The molecular formula is C37H37N9. The summed E-state index contributed by atoms with van der Waals surface area (Å²) in [5.41, 5.74) is 14.2. The van der Waals surface area contributed by atoms with Gasteiger partial charge in [0.05, 0.1) is 11.3 Å². The zero-order valence-corrected chi connectivity index (χ0v) is 26.1. The molecule has 0 amide bonds. The maximum Gasteiger partial charge on any atom is 0.165 e. The topological polar surface area (TPSA) is 122 Å². The molecule has 1 aliphatic heterocycles. The Kier molecular flexibility index (Phi) is 9.27. The van der Waals surface area contributed by atoms with Crippen LogP contribution in [0.4, 0.5) is 11.5 Å². The van der Waals surface area contributed by atoms with Crippen molar-refractivity contribution >= 4 is 22.7 Å². The summed E-state index contributed by atoms with van der Waals surface area (Å²) < 4.78 is 2.08. The number of benzene rings is 2. The summed E-state index contributed by atoms with van der Waals surface area (Å²) in [6, 6.07) is 32.9. The summed E-state index contributed by atoms with van der Waals surface area (Å²) in [4.78, 5) is 20.9. The standard InChI is InChI=1S/C35H31N9.C2H6/c36-22-28-21-27(14-18-38-28)40-26-15-19-43(20-16-26)23-24-8-10-29(11-9-24)44-34(30-7-4-17-39-33(30)37)42-32-13-12-31(41-35(32)44)25-5-2-1-3-6-25;1-2/h1-14,17-18,21,26H,15-16,19-20,23H2,(H2,37,39)(H,38,40);1-2H3. The first kappa shape index (κ1) is 30.4. The molecule has 0 spiro atoms. The zero-order chi connectivity index (χ0) is 31.9. The van der Waals surface area contributed by atoms with Gasteiger partial charge in [-0.3, -0.25) is 9.47 Å². The van der Waals surface area contributed by atoms with Crippen LogP contribution in [0.15, 0.2) is 103 Å². The predicted octanol–water partition coefficient (Wildman–Crippen LogP) is 7.10. The van der Waals surface area contributed by atoms with E-state index in [-0.39, 0.29) is 0 Å². The molecule has 0 radical (unpaired) electrons. The molecule has 1 aliphatic rings. The number of hydrogen-bond acceptors (Lipinski definition) is 8. The van der Waals surface area contributed by atoms with Gasteiger partial charge in [-0.2, -0.15) is 5.26 Å². The highest BCUT2D eigenvalue weighted by atomic mass is 15.2. The number of fused-ring (bicyclic) bond motifs is 1. The summed E-state index contributed by atoms with van der Waals surface area (Å²) in [6.07, 6.45) is 5.44. The lowest BCUT2D eigenvalue weighted by molar-refractivity contribution is 0.211. The van der Waals surface area contributed by atoms with E-state index < -0.39 is 0 Å². The molecule has 0 aliphatic carbocycles. The molecule has 7 rings (SSSR count). The summed E-state index contributed by atoms with van der Waals surface area (Å²) in [6.45, 7) is 6.88. The number of hydrogen-bond donors (Lipinski definition) is 2. The summed E-state index contributed by atoms with van der Waals surface area (Å²) >= 11 is 0. The smallest absolute Gasteiger partial charge is 0.165 e. The largest absolute Gasteiger partial charge is 0.383 e. The molecule has 1 fully saturated rings. The van der Waals surface area contributed by atoms with Crippen LogP contribution in [0.3, 0.4) is 0 Å². The maximum absolute atomic E-state index is 9.13. The minimum absolute atomic E-state index is 0.378. The van der Waals surface area contributed by atoms with E-state index in [1.807, 2.05) is 68.4 Å². The SMILES string of the molecule is CC.N#Cc1cc(NC2CCN(Cc3ccc(-n4c(-c5cccnc5N)nc5ccc(-c6ccccc6)nc54)cc3)CC2)ccn1. The molecule has 0 unspecified atom stereocenters. The number of imidazole rings is 1. The second kappa shape index (κ2) is 14.0. The molecule has 9 heteroatoms. The third-order valence-corrected chi connectivity index (χ3v) is 8.09. The van der Waals surface area contributed by atoms with Crippen LogP contribution in [0.5, 0.6) is 0 Å². The normalized spacial score (nSPS) is 13.5. The van der Waals surface area contributed by atoms with E-state index in [1.165, 1.54) is 5.56 Å². The van der Waals surface area contributed by atoms with E-state index >= 15 is 0 Å². The van der Waals surface area contributed by atoms with Crippen LogP contribution in [-0.4, -0.2) is 48.5 Å². The van der Waals surface area contributed by atoms with Gasteiger partial charge in [-0.05, 0) is 66.9 Å². The lowest BCUT2D eigenvalue weighted by Crippen LogP contribution is -2.38. The highest BCUT2D eigenvalue weighted by molar-refractivity contribution is 5.84. The van der Waals surface area contributed by atoms with Crippen LogP contribution in [0.2, 0.25) is 0 Å². The maximum atomic E-state index is 9.13. The first-order chi connectivity index (χ1) is 22.6. The Balaban J connectivity index is 0.00000182. The molecule has 2 aromatic carbocycles. The molecule has 0 atom stereocenters. The fourth-order valence-corrected chi connectivity index (χ4v) is 5.82. The van der Waals surface area contributed by atoms with Crippen molar-refractivity contribution in [1.82, 2.24) is 29.4 Å². The van der Waals surface area contributed by atoms with Gasteiger partial charge in [-0.1, -0.05) is 56.3 Å². The molecule has 0 saturated carbocycles. The van der Waals surface area contributed by atoms with E-state index in [4.69, 9.17) is 21.0 Å². The number of aromatic nitrogens is 5. The Hall–Kier alpha value is -5.59. The highest BCUT2D eigenvalue weighted by Crippen LogP contribution is 2.32. The lowest BCUT2D eigenvalue weighted by atomic mass is 10.0. The second-order valence-corrected chi connectivity index (χ2v) is 11.0. The average molecular weight is 608 g/mol. The number of nitrogens with two attached hydrogens (primary N) is 1. The number of nitrogen functional groups attached to an aromatic ring is 1. The number of likely N-dealkylation sites (tertiary alicyclic amines) is 1. The Morgan fingerprint density at radius 1 is 0.870 bits per heavy atom. The fourth-order valence-electron chi connectivity index (χ4n) is 5.82. The van der Waals surface area contributed by atoms with Gasteiger partial charge in [0, 0.05) is 55.0 Å². The molecule has 4 aromatic heterocycles. The van der Waals surface area contributed by atoms with Crippen molar-refractivity contribution in [2.24, 2.45) is 0 Å². The molecule has 9 nitrogen and oxygen atoms in total. The van der Waals surface area contributed by atoms with E-state index in [1.54, 1.807) is 12.4 Å². The summed E-state index contributed by atoms with van der Waals surface area (Å²) in [7, 11) is 0. The molecular weight excluding hydrogens is 570 g/mol. The summed E-state index contributed by atoms with van der Waals surface area (Å²) in [5, 5.41) is 12.7. The van der Waals surface area contributed by atoms with Gasteiger partial charge < -0.3 is 11.1 Å². The van der Waals surface area contributed by atoms with Gasteiger partial charge >= 0.3 is 0 Å². The Labute approximate surface area is 269 Å². The number of pyridine rings is 3. The Morgan fingerprint density at radius 2 is 1.65 bits per heavy atom. The number of nitrogens with one attached hydrogen (secondary N) is 1. The number of nitrogens with zero attached hydrogens (tertiary/aromatic N) is 7. The number of anilines is 2. The second-order valence-electron chi connectivity index (χ2n) is 11.0. The molecule has 230 valence electrons. The predicted molar refractivity (Wildman–Crippen MR) is 184 cm³/mol. The van der Waals surface area contributed by atoms with Gasteiger partial charge in [0.25, 0.3) is 0 Å². The third kappa shape index (κ3) is 6.58. The lowest BCUT2D eigenvalue weighted by Gasteiger charge is -2.33. The van der Waals surface area contributed by atoms with E-state index in [0.717, 1.165) is 71.8 Å². The van der Waals surface area contributed by atoms with Gasteiger partial charge in [0.15, 0.2) is 11.5 Å². The van der Waals surface area contributed by atoms with E-state index in [0.29, 0.717) is 23.4 Å². The number of rotatable bonds is 7. The van der Waals surface area contributed by atoms with Gasteiger partial charge in [0.1, 0.15) is 23.1 Å². The fraction of sp³-hybridized carbons (Fsp3) is 0.216. The van der Waals surface area contributed by atoms with E-state index in [9.17, 15) is 0 Å². The minimum atomic E-state index is 0.378. The molecule has 6 aromatic rings. The van der Waals surface area contributed by atoms with Crippen molar-refractivity contribution in [1.29, 1.82) is 5.26 Å². The van der Waals surface area contributed by atoms with Gasteiger partial charge in [-0.15, -0.1) is 0 Å². The molecule has 5 heterocycles. The molecule has 0 bridgehead atoms. The van der Waals surface area contributed by atoms with Crippen LogP contribution in [0.25, 0.3) is 39.5 Å². The van der Waals surface area contributed by atoms with Crippen LogP contribution in [0.1, 0.15) is 37.9 Å². The van der Waals surface area contributed by atoms with Crippen LogP contribution in [-0.2, 0) is 6.54 Å². The molecule has 3 N–H and O–H groups in total. The first-order valence-corrected chi connectivity index (χ1v) is 15.7. The zero-order valence-electron chi connectivity index (χ0n) is 26.1. The first-order valence-electron chi connectivity index (χ1n) is 15.7. The van der Waals surface area contributed by atoms with Crippen LogP contribution < -0.4 is 11.1 Å². The van der Waals surface area contributed by atoms with Crippen molar-refractivity contribution in [3.63, 3.8) is 0 Å². The van der Waals surface area contributed by atoms with E-state index in [2.05, 4.69) is 67.2 Å². The Bertz CT molecular complexity index is 1950. The van der Waals surface area contributed by atoms with Crippen molar-refractivity contribution < 1.29 is 0 Å². The summed E-state index contributed by atoms with van der Waals surface area (Å²) in [5.74, 6) is 1.14. The molecule has 1 saturated heterocycles. The van der Waals surface area contributed by atoms with Crippen LogP contribution in [0, 0.1) is 11.3 Å². The van der Waals surface area contributed by atoms with Crippen LogP contribution >= 0.6 is 0 Å². The molecule has 46 heavy (non-hydrogen) atoms. The van der Waals surface area contributed by atoms with Crippen molar-refractivity contribution in [3.05, 3.63) is 115 Å². The van der Waals surface area contributed by atoms with Crippen molar-refractivity contribution in [2.45, 2.75) is 39.3 Å². The minimum Gasteiger partial charge on any atom is -0.383 e. The monoisotopic (exact) mass is 607 g/mol. The van der Waals surface area contributed by atoms with Crippen molar-refractivity contribution in [3.8, 4) is 34.4 Å². The highest BCUT2D eigenvalue weighted by Gasteiger charge is 2.21. The number of nitriles is 1. The third-order valence-electron chi connectivity index (χ3n) is 8.09.